The van der Waals surface area contributed by atoms with Crippen LogP contribution in [0.4, 0.5) is 5.69 Å². The number of hydrogen-bond donors (Lipinski definition) is 1. The van der Waals surface area contributed by atoms with Crippen LogP contribution in [0.1, 0.15) is 9.67 Å². The molecule has 22 heavy (non-hydrogen) atoms. The van der Waals surface area contributed by atoms with Crippen LogP contribution >= 0.6 is 34.5 Å². The quantitative estimate of drug-likeness (QED) is 0.823. The predicted molar refractivity (Wildman–Crippen MR) is 86.2 cm³/mol. The lowest BCUT2D eigenvalue weighted by molar-refractivity contribution is -0.119. The molecule has 1 aromatic carbocycles. The van der Waals surface area contributed by atoms with Crippen molar-refractivity contribution in [3.63, 3.8) is 0 Å². The van der Waals surface area contributed by atoms with Gasteiger partial charge in [-0.2, -0.15) is 0 Å². The van der Waals surface area contributed by atoms with Crippen LogP contribution in [0.25, 0.3) is 0 Å². The Hall–Kier alpha value is -1.76. The lowest BCUT2D eigenvalue weighted by Gasteiger charge is -2.10. The van der Waals surface area contributed by atoms with Gasteiger partial charge < -0.3 is 14.8 Å². The molecule has 0 aliphatic heterocycles. The molecule has 2 rings (SSSR count). The third-order valence-electron chi connectivity index (χ3n) is 2.54. The molecule has 1 amide bonds. The predicted octanol–water partition coefficient (Wildman–Crippen LogP) is 3.86. The summed E-state index contributed by atoms with van der Waals surface area (Å²) in [6.45, 7) is -0.427. The molecule has 1 aromatic heterocycles. The standard InChI is InChI=1S/C14H11Cl2NO4S/c1-20-10-3-2-8(15)6-9(10)17-13(18)7-21-14(19)11-4-5-12(16)22-11/h2-6H,7H2,1H3,(H,17,18). The molecule has 0 fully saturated rings. The molecule has 116 valence electrons. The van der Waals surface area contributed by atoms with E-state index in [0.717, 1.165) is 11.3 Å². The van der Waals surface area contributed by atoms with Crippen LogP contribution in [0.2, 0.25) is 9.36 Å². The van der Waals surface area contributed by atoms with Crippen molar-refractivity contribution in [3.05, 3.63) is 44.6 Å². The maximum absolute atomic E-state index is 11.8. The van der Waals surface area contributed by atoms with Crippen LogP contribution in [-0.4, -0.2) is 25.6 Å². The van der Waals surface area contributed by atoms with Gasteiger partial charge in [0.1, 0.15) is 10.6 Å². The fourth-order valence-corrected chi connectivity index (χ4v) is 2.70. The Morgan fingerprint density at radius 2 is 2.00 bits per heavy atom. The van der Waals surface area contributed by atoms with Gasteiger partial charge in [-0.1, -0.05) is 23.2 Å². The van der Waals surface area contributed by atoms with Crippen LogP contribution in [0.5, 0.6) is 5.75 Å². The number of carbonyl (C=O) groups excluding carboxylic acids is 2. The van der Waals surface area contributed by atoms with Gasteiger partial charge in [0.25, 0.3) is 5.91 Å². The molecular weight excluding hydrogens is 349 g/mol. The first kappa shape index (κ1) is 16.6. The minimum atomic E-state index is -0.606. The summed E-state index contributed by atoms with van der Waals surface area (Å²) in [5.74, 6) is -0.657. The van der Waals surface area contributed by atoms with E-state index < -0.39 is 18.5 Å². The van der Waals surface area contributed by atoms with E-state index in [4.69, 9.17) is 32.7 Å². The summed E-state index contributed by atoms with van der Waals surface area (Å²) in [5, 5.41) is 3.01. The van der Waals surface area contributed by atoms with E-state index >= 15 is 0 Å². The Kier molecular flexibility index (Phi) is 5.65. The lowest BCUT2D eigenvalue weighted by Crippen LogP contribution is -2.20. The Morgan fingerprint density at radius 3 is 2.64 bits per heavy atom. The SMILES string of the molecule is COc1ccc(Cl)cc1NC(=O)COC(=O)c1ccc(Cl)s1. The third-order valence-corrected chi connectivity index (χ3v) is 3.99. The third kappa shape index (κ3) is 4.37. The van der Waals surface area contributed by atoms with Crippen LogP contribution in [0, 0.1) is 0 Å². The minimum Gasteiger partial charge on any atom is -0.495 e. The van der Waals surface area contributed by atoms with Crippen molar-refractivity contribution in [1.29, 1.82) is 0 Å². The highest BCUT2D eigenvalue weighted by Gasteiger charge is 2.14. The number of anilines is 1. The van der Waals surface area contributed by atoms with E-state index in [1.54, 1.807) is 24.3 Å². The molecular formula is C14H11Cl2NO4S. The van der Waals surface area contributed by atoms with Crippen molar-refractivity contribution < 1.29 is 19.1 Å². The molecule has 0 unspecified atom stereocenters. The number of amides is 1. The van der Waals surface area contributed by atoms with Gasteiger partial charge in [0.05, 0.1) is 17.1 Å². The minimum absolute atomic E-state index is 0.332. The number of rotatable bonds is 5. The number of halogens is 2. The van der Waals surface area contributed by atoms with Gasteiger partial charge in [0.15, 0.2) is 6.61 Å². The monoisotopic (exact) mass is 359 g/mol. The fraction of sp³-hybridized carbons (Fsp3) is 0.143. The molecule has 2 aromatic rings. The topological polar surface area (TPSA) is 64.6 Å². The fourth-order valence-electron chi connectivity index (χ4n) is 1.59. The molecule has 0 saturated carbocycles. The maximum atomic E-state index is 11.8. The molecule has 1 N–H and O–H groups in total. The molecule has 0 aliphatic carbocycles. The normalized spacial score (nSPS) is 10.1. The van der Waals surface area contributed by atoms with Gasteiger partial charge in [-0.05, 0) is 30.3 Å². The summed E-state index contributed by atoms with van der Waals surface area (Å²) < 4.78 is 10.5. The first-order valence-corrected chi connectivity index (χ1v) is 7.62. The smallest absolute Gasteiger partial charge is 0.348 e. The summed E-state index contributed by atoms with van der Waals surface area (Å²) in [7, 11) is 1.47. The second-order valence-electron chi connectivity index (χ2n) is 4.07. The van der Waals surface area contributed by atoms with Crippen molar-refractivity contribution in [3.8, 4) is 5.75 Å². The van der Waals surface area contributed by atoms with Crippen LogP contribution in [0.3, 0.4) is 0 Å². The molecule has 0 aliphatic rings. The van der Waals surface area contributed by atoms with E-state index in [-0.39, 0.29) is 0 Å². The summed E-state index contributed by atoms with van der Waals surface area (Å²) >= 11 is 12.7. The van der Waals surface area contributed by atoms with Gasteiger partial charge in [-0.25, -0.2) is 4.79 Å². The van der Waals surface area contributed by atoms with Gasteiger partial charge in [0, 0.05) is 5.02 Å². The highest BCUT2D eigenvalue weighted by atomic mass is 35.5. The van der Waals surface area contributed by atoms with Crippen molar-refractivity contribution in [2.45, 2.75) is 0 Å². The zero-order chi connectivity index (χ0) is 16.1. The van der Waals surface area contributed by atoms with Gasteiger partial charge in [-0.3, -0.25) is 4.79 Å². The van der Waals surface area contributed by atoms with Crippen molar-refractivity contribution in [2.75, 3.05) is 19.0 Å². The van der Waals surface area contributed by atoms with Crippen molar-refractivity contribution in [2.24, 2.45) is 0 Å². The molecule has 0 radical (unpaired) electrons. The van der Waals surface area contributed by atoms with E-state index in [0.29, 0.717) is 25.7 Å². The lowest BCUT2D eigenvalue weighted by atomic mass is 10.3. The molecule has 0 atom stereocenters. The van der Waals surface area contributed by atoms with Crippen LogP contribution in [0.15, 0.2) is 30.3 Å². The van der Waals surface area contributed by atoms with Crippen LogP contribution < -0.4 is 10.1 Å². The maximum Gasteiger partial charge on any atom is 0.348 e. The van der Waals surface area contributed by atoms with E-state index in [2.05, 4.69) is 5.32 Å². The number of ether oxygens (including phenoxy) is 2. The first-order valence-electron chi connectivity index (χ1n) is 6.05. The Morgan fingerprint density at radius 1 is 1.23 bits per heavy atom. The number of hydrogen-bond acceptors (Lipinski definition) is 5. The largest absolute Gasteiger partial charge is 0.495 e. The molecule has 8 heteroatoms. The number of methoxy groups -OCH3 is 1. The van der Waals surface area contributed by atoms with Gasteiger partial charge in [0.2, 0.25) is 0 Å². The number of nitrogens with one attached hydrogen (secondary N) is 1. The second-order valence-corrected chi connectivity index (χ2v) is 6.22. The average molecular weight is 360 g/mol. The Bertz CT molecular complexity index is 702. The van der Waals surface area contributed by atoms with Crippen LogP contribution in [-0.2, 0) is 9.53 Å². The van der Waals surface area contributed by atoms with E-state index in [1.165, 1.54) is 13.2 Å². The molecule has 0 bridgehead atoms. The molecule has 1 heterocycles. The Labute approximate surface area is 140 Å². The Balaban J connectivity index is 1.93. The summed E-state index contributed by atoms with van der Waals surface area (Å²) in [6.07, 6.45) is 0. The first-order chi connectivity index (χ1) is 10.5. The number of benzene rings is 1. The average Bonchev–Trinajstić information content (AvgIpc) is 2.92. The number of esters is 1. The number of thiophene rings is 1. The highest BCUT2D eigenvalue weighted by molar-refractivity contribution is 7.17. The molecule has 5 nitrogen and oxygen atoms in total. The summed E-state index contributed by atoms with van der Waals surface area (Å²) in [6, 6.07) is 7.92. The summed E-state index contributed by atoms with van der Waals surface area (Å²) in [5.41, 5.74) is 0.398. The second kappa shape index (κ2) is 7.49. The van der Waals surface area contributed by atoms with E-state index in [1.807, 2.05) is 0 Å². The highest BCUT2D eigenvalue weighted by Crippen LogP contribution is 2.27. The zero-order valence-corrected chi connectivity index (χ0v) is 13.7. The summed E-state index contributed by atoms with van der Waals surface area (Å²) in [4.78, 5) is 23.9. The molecule has 0 saturated heterocycles. The van der Waals surface area contributed by atoms with Gasteiger partial charge in [-0.15, -0.1) is 11.3 Å². The van der Waals surface area contributed by atoms with E-state index in [9.17, 15) is 9.59 Å². The molecule has 0 spiro atoms. The zero-order valence-electron chi connectivity index (χ0n) is 11.4. The van der Waals surface area contributed by atoms with Gasteiger partial charge >= 0.3 is 5.97 Å². The van der Waals surface area contributed by atoms with Crippen molar-refractivity contribution >= 4 is 52.1 Å². The number of carbonyl (C=O) groups is 2. The van der Waals surface area contributed by atoms with Crippen molar-refractivity contribution in [1.82, 2.24) is 0 Å².